The molecule has 67 heavy (non-hydrogen) atoms. The molecule has 2 N–H and O–H groups in total. The molecule has 6 heterocycles. The topological polar surface area (TPSA) is 255 Å². The number of hydrogen-bond donors (Lipinski definition) is 2. The molecule has 0 saturated heterocycles. The number of carbonyl (C=O) groups excluding carboxylic acids is 2. The van der Waals surface area contributed by atoms with E-state index in [2.05, 4.69) is 40.8 Å². The van der Waals surface area contributed by atoms with Gasteiger partial charge in [-0.2, -0.15) is 36.5 Å². The molecule has 0 radical (unpaired) electrons. The van der Waals surface area contributed by atoms with Gasteiger partial charge in [-0.25, -0.2) is 26.9 Å². The number of anilines is 2. The van der Waals surface area contributed by atoms with Crippen LogP contribution in [-0.2, 0) is 37.3 Å². The number of nitrogens with zero attached hydrogens (tertiary/aromatic N) is 8. The minimum absolute atomic E-state index is 0. The number of para-hydroxylation sites is 2. The minimum atomic E-state index is -6.09. The number of carbonyl (C=O) groups is 2. The van der Waals surface area contributed by atoms with E-state index in [1.54, 1.807) is 49.3 Å². The number of halogens is 6. The first kappa shape index (κ1) is 52.5. The van der Waals surface area contributed by atoms with E-state index < -0.39 is 43.6 Å². The molecule has 2 atom stereocenters. The Balaban J connectivity index is 0.000000220. The predicted octanol–water partition coefficient (Wildman–Crippen LogP) is 6.25. The summed E-state index contributed by atoms with van der Waals surface area (Å²) in [4.78, 5) is 43.0. The van der Waals surface area contributed by atoms with Crippen LogP contribution in [0.3, 0.4) is 0 Å². The van der Waals surface area contributed by atoms with Gasteiger partial charge in [0.1, 0.15) is 0 Å². The molecule has 6 aromatic rings. The Morgan fingerprint density at radius 3 is 1.09 bits per heavy atom. The number of alkyl halides is 6. The summed E-state index contributed by atoms with van der Waals surface area (Å²) in [7, 11) is -12.2. The van der Waals surface area contributed by atoms with Crippen molar-refractivity contribution in [3.63, 3.8) is 0 Å². The van der Waals surface area contributed by atoms with Crippen molar-refractivity contribution >= 4 is 55.9 Å². The smallest absolute Gasteiger partial charge is 0.741 e. The van der Waals surface area contributed by atoms with Gasteiger partial charge in [0.25, 0.3) is 11.8 Å². The molecule has 8 rings (SSSR count). The summed E-state index contributed by atoms with van der Waals surface area (Å²) in [6, 6.07) is 37.0. The van der Waals surface area contributed by atoms with E-state index in [1.165, 1.54) is 10.0 Å². The van der Waals surface area contributed by atoms with Crippen molar-refractivity contribution in [2.45, 2.75) is 23.3 Å². The normalized spacial score (nSPS) is 15.7. The van der Waals surface area contributed by atoms with Gasteiger partial charge in [-0.3, -0.25) is 29.5 Å². The zero-order chi connectivity index (χ0) is 48.1. The van der Waals surface area contributed by atoms with Crippen molar-refractivity contribution in [3.05, 3.63) is 180 Å². The van der Waals surface area contributed by atoms with Crippen LogP contribution in [0.15, 0.2) is 156 Å². The molecule has 18 nitrogen and oxygen atoms in total. The van der Waals surface area contributed by atoms with Crippen LogP contribution in [0.2, 0.25) is 0 Å². The van der Waals surface area contributed by atoms with Crippen molar-refractivity contribution in [1.29, 1.82) is 0 Å². The SMILES string of the molecule is O=C1c2ccccc2N[C@@H](c2ccccn2)N1/N=C/c1ccccn1.O=C1c2ccccc2N[C@@H](c2ccccn2)N1/N=C/c1ccccn1.O=S(=O)([O-])C(F)(F)F.O=S(=O)([O-])C(F)(F)F.[Fe+2]. The zero-order valence-corrected chi connectivity index (χ0v) is 36.2. The molecular weight excluding hydrogens is 982 g/mol. The first-order valence-corrected chi connectivity index (χ1v) is 21.1. The van der Waals surface area contributed by atoms with Crippen molar-refractivity contribution < 1.29 is 78.9 Å². The average molecular weight is 1010 g/mol. The number of rotatable bonds is 6. The van der Waals surface area contributed by atoms with Gasteiger partial charge in [0, 0.05) is 36.2 Å². The van der Waals surface area contributed by atoms with Crippen LogP contribution in [0.4, 0.5) is 37.7 Å². The maximum atomic E-state index is 12.9. The van der Waals surface area contributed by atoms with Crippen molar-refractivity contribution in [1.82, 2.24) is 30.0 Å². The number of aromatic nitrogens is 4. The quantitative estimate of drug-likeness (QED) is 0.0615. The number of hydrogen-bond acceptors (Lipinski definition) is 16. The van der Waals surface area contributed by atoms with E-state index >= 15 is 0 Å². The fourth-order valence-electron chi connectivity index (χ4n) is 5.35. The van der Waals surface area contributed by atoms with Crippen molar-refractivity contribution in [2.75, 3.05) is 10.6 Å². The third-order valence-electron chi connectivity index (χ3n) is 8.31. The number of nitrogens with one attached hydrogen (secondary N) is 2. The maximum Gasteiger partial charge on any atom is 2.00 e. The van der Waals surface area contributed by atoms with E-state index in [-0.39, 0.29) is 28.9 Å². The van der Waals surface area contributed by atoms with Crippen LogP contribution in [-0.4, -0.2) is 91.2 Å². The largest absolute Gasteiger partial charge is 2.00 e. The van der Waals surface area contributed by atoms with Gasteiger partial charge in [-0.05, 0) is 72.8 Å². The van der Waals surface area contributed by atoms with Gasteiger partial charge < -0.3 is 19.7 Å². The molecule has 0 saturated carbocycles. The molecule has 4 aromatic heterocycles. The second kappa shape index (κ2) is 22.8. The summed E-state index contributed by atoms with van der Waals surface area (Å²) in [5, 5.41) is 18.3. The van der Waals surface area contributed by atoms with Crippen molar-refractivity contribution in [2.24, 2.45) is 10.2 Å². The van der Waals surface area contributed by atoms with E-state index in [0.29, 0.717) is 33.9 Å². The van der Waals surface area contributed by atoms with E-state index in [4.69, 9.17) is 25.9 Å². The third-order valence-corrected chi connectivity index (χ3v) is 9.45. The first-order chi connectivity index (χ1) is 31.2. The van der Waals surface area contributed by atoms with Gasteiger partial charge in [-0.1, -0.05) is 48.5 Å². The number of benzene rings is 2. The summed E-state index contributed by atoms with van der Waals surface area (Å²) in [5.41, 5.74) is -5.82. The fourth-order valence-corrected chi connectivity index (χ4v) is 5.35. The Labute approximate surface area is 387 Å². The Morgan fingerprint density at radius 2 is 0.806 bits per heavy atom. The van der Waals surface area contributed by atoms with E-state index in [1.807, 2.05) is 109 Å². The molecule has 2 aliphatic heterocycles. The minimum Gasteiger partial charge on any atom is -0.741 e. The Morgan fingerprint density at radius 1 is 0.507 bits per heavy atom. The molecule has 0 unspecified atom stereocenters. The second-order valence-electron chi connectivity index (χ2n) is 12.8. The van der Waals surface area contributed by atoms with Gasteiger partial charge in [-0.15, -0.1) is 0 Å². The van der Waals surface area contributed by atoms with Crippen LogP contribution < -0.4 is 10.6 Å². The van der Waals surface area contributed by atoms with Gasteiger partial charge in [0.05, 0.1) is 46.3 Å². The molecule has 27 heteroatoms. The number of amides is 2. The second-order valence-corrected chi connectivity index (χ2v) is 15.5. The molecule has 350 valence electrons. The molecule has 2 aromatic carbocycles. The van der Waals surface area contributed by atoms with Crippen LogP contribution in [0.5, 0.6) is 0 Å². The zero-order valence-electron chi connectivity index (χ0n) is 33.4. The van der Waals surface area contributed by atoms with Gasteiger partial charge >= 0.3 is 28.1 Å². The Hall–Kier alpha value is -7.16. The van der Waals surface area contributed by atoms with Crippen LogP contribution >= 0.6 is 0 Å². The van der Waals surface area contributed by atoms with E-state index in [0.717, 1.165) is 11.4 Å². The van der Waals surface area contributed by atoms with Crippen molar-refractivity contribution in [3.8, 4) is 0 Å². The Kier molecular flexibility index (Phi) is 17.9. The average Bonchev–Trinajstić information content (AvgIpc) is 3.29. The molecular formula is C40H30F6FeN10O8S2. The van der Waals surface area contributed by atoms with Crippen LogP contribution in [0, 0.1) is 0 Å². The van der Waals surface area contributed by atoms with Crippen LogP contribution in [0.1, 0.15) is 55.8 Å². The summed E-state index contributed by atoms with van der Waals surface area (Å²) in [5.74, 6) is -0.366. The summed E-state index contributed by atoms with van der Waals surface area (Å²) in [6.45, 7) is 0. The molecule has 0 aliphatic carbocycles. The fraction of sp³-hybridized carbons (Fsp3) is 0.100. The van der Waals surface area contributed by atoms with E-state index in [9.17, 15) is 35.9 Å². The first-order valence-electron chi connectivity index (χ1n) is 18.3. The maximum absolute atomic E-state index is 12.9. The number of hydrazone groups is 2. The summed E-state index contributed by atoms with van der Waals surface area (Å²) >= 11 is 0. The molecule has 2 aliphatic rings. The van der Waals surface area contributed by atoms with Gasteiger partial charge in [0.15, 0.2) is 32.6 Å². The Bertz CT molecular complexity index is 2680. The summed E-state index contributed by atoms with van der Waals surface area (Å²) < 4.78 is 118. The standard InChI is InChI=1S/2C19H15N5O.2CHF3O3S.Fe/c2*25-19-15-8-1-2-9-16(15)23-18(17-10-4-6-12-21-17)24(19)22-13-14-7-3-5-11-20-14;2*2-1(3,4)8(5,6)7;/h2*1-13,18,23H;2*(H,5,6,7);/q;;;;+2/p-2/b2*22-13+;;;/t2*18-;;;/m11.../s1. The summed E-state index contributed by atoms with van der Waals surface area (Å²) in [6.07, 6.45) is 8.94. The molecule has 0 fully saturated rings. The monoisotopic (exact) mass is 1010 g/mol. The van der Waals surface area contributed by atoms with Crippen LogP contribution in [0.25, 0.3) is 0 Å². The molecule has 0 bridgehead atoms. The molecule has 2 amide bonds. The number of pyridine rings is 4. The predicted molar refractivity (Wildman–Crippen MR) is 222 cm³/mol. The number of fused-ring (bicyclic) bond motifs is 2. The third kappa shape index (κ3) is 14.4. The van der Waals surface area contributed by atoms with Gasteiger partial charge in [0.2, 0.25) is 0 Å². The molecule has 0 spiro atoms.